The third kappa shape index (κ3) is 6.04. The van der Waals surface area contributed by atoms with Gasteiger partial charge in [-0.3, -0.25) is 4.79 Å². The Morgan fingerprint density at radius 1 is 0.971 bits per heavy atom. The molecule has 2 aliphatic heterocycles. The summed E-state index contributed by atoms with van der Waals surface area (Å²) in [6, 6.07) is 15.3. The Kier molecular flexibility index (Phi) is 7.36. The summed E-state index contributed by atoms with van der Waals surface area (Å²) >= 11 is 13.7. The molecule has 1 aromatic heterocycles. The highest BCUT2D eigenvalue weighted by Crippen LogP contribution is 2.32. The number of carbonyl (C=O) groups is 1. The minimum Gasteiger partial charge on any atom is -0.454 e. The van der Waals surface area contributed by atoms with Crippen molar-refractivity contribution in [3.8, 4) is 11.5 Å². The maximum atomic E-state index is 12.4. The number of rotatable bonds is 7. The van der Waals surface area contributed by atoms with Gasteiger partial charge >= 0.3 is 0 Å². The Balaban J connectivity index is 1.13. The first-order chi connectivity index (χ1) is 17.0. The number of aromatic nitrogens is 2. The van der Waals surface area contributed by atoms with Gasteiger partial charge in [-0.25, -0.2) is 9.97 Å². The number of thioether (sulfide) groups is 1. The van der Waals surface area contributed by atoms with Crippen molar-refractivity contribution >= 4 is 52.4 Å². The fourth-order valence-corrected chi connectivity index (χ4v) is 5.01. The van der Waals surface area contributed by atoms with Crippen molar-refractivity contribution in [3.05, 3.63) is 64.3 Å². The number of nitrogens with one attached hydrogen (secondary N) is 1. The van der Waals surface area contributed by atoms with Crippen LogP contribution in [-0.2, 0) is 11.3 Å². The van der Waals surface area contributed by atoms with Crippen LogP contribution in [0.2, 0.25) is 10.2 Å². The van der Waals surface area contributed by atoms with E-state index in [1.807, 2.05) is 36.4 Å². The summed E-state index contributed by atoms with van der Waals surface area (Å²) < 4.78 is 10.7. The fraction of sp³-hybridized carbons (Fsp3) is 0.292. The number of piperazine rings is 1. The number of nitrogens with zero attached hydrogens (tertiary/aromatic N) is 4. The van der Waals surface area contributed by atoms with Gasteiger partial charge in [0.15, 0.2) is 16.7 Å². The van der Waals surface area contributed by atoms with Gasteiger partial charge in [0, 0.05) is 49.5 Å². The molecule has 0 unspecified atom stereocenters. The van der Waals surface area contributed by atoms with Gasteiger partial charge in [-0.2, -0.15) is 0 Å². The number of hydrogen-bond acceptors (Lipinski definition) is 8. The number of carbonyl (C=O) groups excluding carboxylic acids is 1. The number of hydrogen-bond donors (Lipinski definition) is 1. The first kappa shape index (κ1) is 23.8. The van der Waals surface area contributed by atoms with Crippen molar-refractivity contribution in [3.63, 3.8) is 0 Å². The Hall–Kier alpha value is -2.88. The molecular weight excluding hydrogens is 509 g/mol. The molecule has 1 N–H and O–H groups in total. The van der Waals surface area contributed by atoms with E-state index in [1.165, 1.54) is 11.8 Å². The highest BCUT2D eigenvalue weighted by molar-refractivity contribution is 7.99. The molecule has 1 saturated heterocycles. The molecule has 182 valence electrons. The third-order valence-electron chi connectivity index (χ3n) is 5.70. The third-order valence-corrected chi connectivity index (χ3v) is 6.97. The standard InChI is InChI=1S/C24H23Cl2N5O3S/c25-17-2-1-3-18(11-17)30-6-8-31(9-7-30)22-12-21(26)28-24(29-22)35-14-23(32)27-13-16-4-5-19-20(10-16)34-15-33-19/h1-5,10-12H,6-9,13-15H2,(H,27,32). The normalized spacial score (nSPS) is 14.8. The lowest BCUT2D eigenvalue weighted by atomic mass is 10.2. The number of fused-ring (bicyclic) bond motifs is 1. The lowest BCUT2D eigenvalue weighted by Gasteiger charge is -2.36. The largest absolute Gasteiger partial charge is 0.454 e. The van der Waals surface area contributed by atoms with Crippen molar-refractivity contribution in [1.29, 1.82) is 0 Å². The summed E-state index contributed by atoms with van der Waals surface area (Å²) in [5.41, 5.74) is 2.05. The van der Waals surface area contributed by atoms with Crippen LogP contribution >= 0.6 is 35.0 Å². The second kappa shape index (κ2) is 10.8. The number of benzene rings is 2. The Bertz CT molecular complexity index is 1220. The molecule has 0 saturated carbocycles. The molecular formula is C24H23Cl2N5O3S. The van der Waals surface area contributed by atoms with Crippen molar-refractivity contribution in [2.45, 2.75) is 11.7 Å². The van der Waals surface area contributed by atoms with Crippen LogP contribution in [0.25, 0.3) is 0 Å². The highest BCUT2D eigenvalue weighted by Gasteiger charge is 2.20. The van der Waals surface area contributed by atoms with Gasteiger partial charge in [0.05, 0.1) is 5.75 Å². The van der Waals surface area contributed by atoms with E-state index in [1.54, 1.807) is 6.07 Å². The van der Waals surface area contributed by atoms with E-state index >= 15 is 0 Å². The Morgan fingerprint density at radius 2 is 1.77 bits per heavy atom. The van der Waals surface area contributed by atoms with Crippen LogP contribution in [0.1, 0.15) is 5.56 Å². The smallest absolute Gasteiger partial charge is 0.231 e. The van der Waals surface area contributed by atoms with Crippen LogP contribution in [0, 0.1) is 0 Å². The first-order valence-electron chi connectivity index (χ1n) is 11.1. The van der Waals surface area contributed by atoms with Gasteiger partial charge in [0.25, 0.3) is 0 Å². The quantitative estimate of drug-likeness (QED) is 0.275. The Morgan fingerprint density at radius 3 is 2.60 bits per heavy atom. The molecule has 1 amide bonds. The van der Waals surface area contributed by atoms with Crippen molar-refractivity contribution in [1.82, 2.24) is 15.3 Å². The van der Waals surface area contributed by atoms with Crippen LogP contribution in [-0.4, -0.2) is 54.6 Å². The number of halogens is 2. The summed E-state index contributed by atoms with van der Waals surface area (Å²) in [4.78, 5) is 25.8. The molecule has 2 aromatic carbocycles. The topological polar surface area (TPSA) is 79.8 Å². The molecule has 11 heteroatoms. The molecule has 3 heterocycles. The van der Waals surface area contributed by atoms with Gasteiger partial charge < -0.3 is 24.6 Å². The molecule has 0 radical (unpaired) electrons. The number of anilines is 2. The van der Waals surface area contributed by atoms with Gasteiger partial charge in [-0.1, -0.05) is 47.1 Å². The molecule has 35 heavy (non-hydrogen) atoms. The summed E-state index contributed by atoms with van der Waals surface area (Å²) in [5, 5.41) is 4.47. The van der Waals surface area contributed by atoms with Crippen LogP contribution in [0.4, 0.5) is 11.5 Å². The van der Waals surface area contributed by atoms with Crippen LogP contribution in [0.3, 0.4) is 0 Å². The average Bonchev–Trinajstić information content (AvgIpc) is 3.34. The maximum absolute atomic E-state index is 12.4. The van der Waals surface area contributed by atoms with Crippen LogP contribution < -0.4 is 24.6 Å². The van der Waals surface area contributed by atoms with E-state index in [9.17, 15) is 4.79 Å². The van der Waals surface area contributed by atoms with Crippen molar-refractivity contribution in [2.24, 2.45) is 0 Å². The van der Waals surface area contributed by atoms with Gasteiger partial charge in [-0.05, 0) is 35.9 Å². The predicted octanol–water partition coefficient (Wildman–Crippen LogP) is 4.25. The summed E-state index contributed by atoms with van der Waals surface area (Å²) in [5.74, 6) is 2.24. The molecule has 3 aromatic rings. The lowest BCUT2D eigenvalue weighted by molar-refractivity contribution is -0.118. The van der Waals surface area contributed by atoms with Crippen LogP contribution in [0.15, 0.2) is 53.7 Å². The zero-order valence-electron chi connectivity index (χ0n) is 18.7. The molecule has 0 spiro atoms. The minimum absolute atomic E-state index is 0.118. The predicted molar refractivity (Wildman–Crippen MR) is 138 cm³/mol. The summed E-state index contributed by atoms with van der Waals surface area (Å²) in [6.07, 6.45) is 0. The number of amides is 1. The Labute approximate surface area is 217 Å². The zero-order chi connectivity index (χ0) is 24.2. The minimum atomic E-state index is -0.118. The zero-order valence-corrected chi connectivity index (χ0v) is 21.1. The average molecular weight is 532 g/mol. The van der Waals surface area contributed by atoms with Crippen molar-refractivity contribution < 1.29 is 14.3 Å². The second-order valence-corrected chi connectivity index (χ2v) is 9.80. The van der Waals surface area contributed by atoms with E-state index in [0.29, 0.717) is 22.6 Å². The van der Waals surface area contributed by atoms with E-state index in [-0.39, 0.29) is 18.5 Å². The maximum Gasteiger partial charge on any atom is 0.231 e. The highest BCUT2D eigenvalue weighted by atomic mass is 35.5. The summed E-state index contributed by atoms with van der Waals surface area (Å²) in [7, 11) is 0. The van der Waals surface area contributed by atoms with E-state index in [0.717, 1.165) is 54.0 Å². The number of ether oxygens (including phenoxy) is 2. The van der Waals surface area contributed by atoms with E-state index in [2.05, 4.69) is 31.2 Å². The van der Waals surface area contributed by atoms with E-state index < -0.39 is 0 Å². The van der Waals surface area contributed by atoms with E-state index in [4.69, 9.17) is 32.7 Å². The SMILES string of the molecule is O=C(CSc1nc(Cl)cc(N2CCN(c3cccc(Cl)c3)CC2)n1)NCc1ccc2c(c1)OCO2. The molecule has 0 atom stereocenters. The molecule has 8 nitrogen and oxygen atoms in total. The monoisotopic (exact) mass is 531 g/mol. The fourth-order valence-electron chi connectivity index (χ4n) is 3.91. The molecule has 0 aliphatic carbocycles. The molecule has 5 rings (SSSR count). The summed E-state index contributed by atoms with van der Waals surface area (Å²) in [6.45, 7) is 3.88. The van der Waals surface area contributed by atoms with Gasteiger partial charge in [0.2, 0.25) is 12.7 Å². The lowest BCUT2D eigenvalue weighted by Crippen LogP contribution is -2.46. The molecule has 2 aliphatic rings. The van der Waals surface area contributed by atoms with Gasteiger partial charge in [-0.15, -0.1) is 0 Å². The second-order valence-electron chi connectivity index (χ2n) is 8.04. The molecule has 1 fully saturated rings. The molecule has 0 bridgehead atoms. The van der Waals surface area contributed by atoms with Gasteiger partial charge in [0.1, 0.15) is 11.0 Å². The van der Waals surface area contributed by atoms with Crippen molar-refractivity contribution in [2.75, 3.05) is 48.5 Å². The first-order valence-corrected chi connectivity index (χ1v) is 12.9. The van der Waals surface area contributed by atoms with Crippen LogP contribution in [0.5, 0.6) is 11.5 Å².